The molecule has 3 rings (SSSR count). The van der Waals surface area contributed by atoms with Crippen molar-refractivity contribution in [2.24, 2.45) is 0 Å². The molecule has 88 valence electrons. The molecule has 1 aromatic heterocycles. The topological polar surface area (TPSA) is 39.2 Å². The maximum absolute atomic E-state index is 13.1. The summed E-state index contributed by atoms with van der Waals surface area (Å²) >= 11 is 1.44. The fraction of sp³-hybridized carbons (Fsp3) is 0.333. The van der Waals surface area contributed by atoms with Gasteiger partial charge in [0.05, 0.1) is 17.3 Å². The van der Waals surface area contributed by atoms with E-state index in [-0.39, 0.29) is 11.8 Å². The normalized spacial score (nSPS) is 17.1. The molecule has 0 bridgehead atoms. The SMILES string of the molecule is COC(=O)C1(c2nc3cc(F)ccc3s2)CC1. The van der Waals surface area contributed by atoms with Crippen molar-refractivity contribution < 1.29 is 13.9 Å². The van der Waals surface area contributed by atoms with E-state index in [2.05, 4.69) is 4.98 Å². The van der Waals surface area contributed by atoms with E-state index in [0.29, 0.717) is 5.52 Å². The number of carbonyl (C=O) groups is 1. The number of hydrogen-bond acceptors (Lipinski definition) is 4. The highest BCUT2D eigenvalue weighted by Crippen LogP contribution is 2.51. The molecule has 0 saturated heterocycles. The molecule has 2 aromatic rings. The van der Waals surface area contributed by atoms with Gasteiger partial charge in [-0.05, 0) is 25.0 Å². The van der Waals surface area contributed by atoms with E-state index in [9.17, 15) is 9.18 Å². The van der Waals surface area contributed by atoms with E-state index < -0.39 is 5.41 Å². The number of hydrogen-bond donors (Lipinski definition) is 0. The molecule has 0 amide bonds. The molecule has 0 unspecified atom stereocenters. The largest absolute Gasteiger partial charge is 0.468 e. The number of fused-ring (bicyclic) bond motifs is 1. The Morgan fingerprint density at radius 2 is 2.29 bits per heavy atom. The standard InChI is InChI=1S/C12H10FNO2S/c1-16-11(15)12(4-5-12)10-14-8-6-7(13)2-3-9(8)17-10/h2-3,6H,4-5H2,1H3. The molecule has 1 aromatic carbocycles. The Balaban J connectivity index is 2.10. The first-order valence-electron chi connectivity index (χ1n) is 5.31. The van der Waals surface area contributed by atoms with Crippen molar-refractivity contribution in [3.63, 3.8) is 0 Å². The second-order valence-electron chi connectivity index (χ2n) is 4.20. The molecule has 0 spiro atoms. The van der Waals surface area contributed by atoms with Crippen LogP contribution < -0.4 is 0 Å². The van der Waals surface area contributed by atoms with Crippen molar-refractivity contribution in [1.29, 1.82) is 0 Å². The van der Waals surface area contributed by atoms with Gasteiger partial charge in [-0.1, -0.05) is 0 Å². The fourth-order valence-corrected chi connectivity index (χ4v) is 3.11. The monoisotopic (exact) mass is 251 g/mol. The second kappa shape index (κ2) is 3.50. The van der Waals surface area contributed by atoms with E-state index in [1.807, 2.05) is 0 Å². The fourth-order valence-electron chi connectivity index (χ4n) is 1.93. The van der Waals surface area contributed by atoms with Gasteiger partial charge in [0, 0.05) is 6.07 Å². The minimum Gasteiger partial charge on any atom is -0.468 e. The minimum atomic E-state index is -0.561. The number of aromatic nitrogens is 1. The van der Waals surface area contributed by atoms with Crippen molar-refractivity contribution in [2.45, 2.75) is 18.3 Å². The molecule has 5 heteroatoms. The van der Waals surface area contributed by atoms with Gasteiger partial charge in [0.2, 0.25) is 0 Å². The number of halogens is 1. The first-order valence-corrected chi connectivity index (χ1v) is 6.12. The van der Waals surface area contributed by atoms with Crippen molar-refractivity contribution in [3.8, 4) is 0 Å². The lowest BCUT2D eigenvalue weighted by Crippen LogP contribution is -2.21. The van der Waals surface area contributed by atoms with Crippen molar-refractivity contribution in [2.75, 3.05) is 7.11 Å². The van der Waals surface area contributed by atoms with Crippen molar-refractivity contribution in [1.82, 2.24) is 4.98 Å². The van der Waals surface area contributed by atoms with E-state index in [1.54, 1.807) is 6.07 Å². The van der Waals surface area contributed by atoms with Gasteiger partial charge in [0.25, 0.3) is 0 Å². The van der Waals surface area contributed by atoms with E-state index in [1.165, 1.54) is 30.6 Å². The van der Waals surface area contributed by atoms with Crippen LogP contribution in [0.25, 0.3) is 10.2 Å². The van der Waals surface area contributed by atoms with Crippen molar-refractivity contribution in [3.05, 3.63) is 29.0 Å². The summed E-state index contributed by atoms with van der Waals surface area (Å²) in [5.41, 5.74) is 0.0507. The molecule has 1 fully saturated rings. The Labute approximate surface area is 101 Å². The molecule has 1 aliphatic carbocycles. The zero-order valence-electron chi connectivity index (χ0n) is 9.20. The highest BCUT2D eigenvalue weighted by atomic mass is 32.1. The molecule has 0 N–H and O–H groups in total. The Kier molecular flexibility index (Phi) is 2.19. The molecule has 1 aliphatic rings. The van der Waals surface area contributed by atoms with E-state index in [4.69, 9.17) is 4.74 Å². The maximum Gasteiger partial charge on any atom is 0.318 e. The molecule has 0 atom stereocenters. The maximum atomic E-state index is 13.1. The number of benzene rings is 1. The van der Waals surface area contributed by atoms with E-state index in [0.717, 1.165) is 22.5 Å². The van der Waals surface area contributed by atoms with Crippen LogP contribution in [0.5, 0.6) is 0 Å². The summed E-state index contributed by atoms with van der Waals surface area (Å²) in [7, 11) is 1.38. The van der Waals surface area contributed by atoms with Crippen LogP contribution in [0.15, 0.2) is 18.2 Å². The molecule has 0 radical (unpaired) electrons. The van der Waals surface area contributed by atoms with Crippen molar-refractivity contribution >= 4 is 27.5 Å². The number of methoxy groups -OCH3 is 1. The molecular weight excluding hydrogens is 241 g/mol. The Morgan fingerprint density at radius 3 is 2.94 bits per heavy atom. The van der Waals surface area contributed by atoms with Crippen LogP contribution in [-0.4, -0.2) is 18.1 Å². The average Bonchev–Trinajstić information content (AvgIpc) is 3.03. The van der Waals surface area contributed by atoms with E-state index >= 15 is 0 Å². The lowest BCUT2D eigenvalue weighted by atomic mass is 10.1. The van der Waals surface area contributed by atoms with Gasteiger partial charge in [-0.25, -0.2) is 9.37 Å². The van der Waals surface area contributed by atoms with Gasteiger partial charge >= 0.3 is 5.97 Å². The summed E-state index contributed by atoms with van der Waals surface area (Å²) in [5.74, 6) is -0.547. The Morgan fingerprint density at radius 1 is 1.53 bits per heavy atom. The van der Waals surface area contributed by atoms with Crippen LogP contribution in [0.1, 0.15) is 17.8 Å². The average molecular weight is 251 g/mol. The number of ether oxygens (including phenoxy) is 1. The minimum absolute atomic E-state index is 0.239. The van der Waals surface area contributed by atoms with Crippen LogP contribution in [0, 0.1) is 5.82 Å². The molecular formula is C12H10FNO2S. The Hall–Kier alpha value is -1.49. The molecule has 3 nitrogen and oxygen atoms in total. The van der Waals surface area contributed by atoms with Gasteiger partial charge in [-0.3, -0.25) is 4.79 Å². The third-order valence-electron chi connectivity index (χ3n) is 3.09. The van der Waals surface area contributed by atoms with Crippen LogP contribution in [0.2, 0.25) is 0 Å². The molecule has 1 saturated carbocycles. The summed E-state index contributed by atoms with van der Waals surface area (Å²) in [6, 6.07) is 4.49. The van der Waals surface area contributed by atoms with Gasteiger partial charge in [0.1, 0.15) is 16.2 Å². The number of esters is 1. The highest BCUT2D eigenvalue weighted by molar-refractivity contribution is 7.18. The number of nitrogens with zero attached hydrogens (tertiary/aromatic N) is 1. The van der Waals surface area contributed by atoms with Gasteiger partial charge in [0.15, 0.2) is 0 Å². The molecule has 0 aliphatic heterocycles. The lowest BCUT2D eigenvalue weighted by molar-refractivity contribution is -0.143. The van der Waals surface area contributed by atoms with Gasteiger partial charge < -0.3 is 4.74 Å². The summed E-state index contributed by atoms with van der Waals surface area (Å²) in [6.45, 7) is 0. The zero-order valence-corrected chi connectivity index (χ0v) is 10.0. The van der Waals surface area contributed by atoms with Crippen LogP contribution in [0.3, 0.4) is 0 Å². The van der Waals surface area contributed by atoms with Crippen LogP contribution in [-0.2, 0) is 14.9 Å². The molecule has 17 heavy (non-hydrogen) atoms. The highest BCUT2D eigenvalue weighted by Gasteiger charge is 2.55. The second-order valence-corrected chi connectivity index (χ2v) is 5.24. The summed E-state index contributed by atoms with van der Waals surface area (Å²) in [5, 5.41) is 0.741. The summed E-state index contributed by atoms with van der Waals surface area (Å²) in [6.07, 6.45) is 1.53. The lowest BCUT2D eigenvalue weighted by Gasteiger charge is -2.07. The van der Waals surface area contributed by atoms with Crippen LogP contribution in [0.4, 0.5) is 4.39 Å². The first-order chi connectivity index (χ1) is 8.15. The first kappa shape index (κ1) is 10.7. The van der Waals surface area contributed by atoms with Crippen LogP contribution >= 0.6 is 11.3 Å². The number of carbonyl (C=O) groups excluding carboxylic acids is 1. The smallest absolute Gasteiger partial charge is 0.318 e. The third kappa shape index (κ3) is 1.53. The predicted octanol–water partition coefficient (Wildman–Crippen LogP) is 2.64. The molecule has 1 heterocycles. The third-order valence-corrected chi connectivity index (χ3v) is 4.33. The summed E-state index contributed by atoms with van der Waals surface area (Å²) in [4.78, 5) is 16.1. The zero-order chi connectivity index (χ0) is 12.0. The Bertz CT molecular complexity index is 604. The van der Waals surface area contributed by atoms with Gasteiger partial charge in [-0.2, -0.15) is 0 Å². The number of rotatable bonds is 2. The van der Waals surface area contributed by atoms with Gasteiger partial charge in [-0.15, -0.1) is 11.3 Å². The predicted molar refractivity (Wildman–Crippen MR) is 62.5 cm³/mol. The summed E-state index contributed by atoms with van der Waals surface area (Å²) < 4.78 is 18.8. The number of thiazole rings is 1. The quantitative estimate of drug-likeness (QED) is 0.770.